The summed E-state index contributed by atoms with van der Waals surface area (Å²) in [5.74, 6) is -11.0. The topological polar surface area (TPSA) is 9.23 Å². The molecule has 2 aromatic carbocycles. The summed E-state index contributed by atoms with van der Waals surface area (Å²) in [6.07, 6.45) is 7.80. The second kappa shape index (κ2) is 11.4. The maximum Gasteiger partial charge on any atom is 0.194 e. The highest BCUT2D eigenvalue weighted by Crippen LogP contribution is 2.42. The first-order chi connectivity index (χ1) is 17.2. The third-order valence-corrected chi connectivity index (χ3v) is 7.59. The summed E-state index contributed by atoms with van der Waals surface area (Å²) in [6, 6.07) is 2.40. The summed E-state index contributed by atoms with van der Waals surface area (Å²) in [4.78, 5) is 0. The van der Waals surface area contributed by atoms with Crippen LogP contribution in [0, 0.1) is 40.9 Å². The summed E-state index contributed by atoms with van der Waals surface area (Å²) >= 11 is 0. The molecule has 2 unspecified atom stereocenters. The molecule has 0 spiro atoms. The van der Waals surface area contributed by atoms with Gasteiger partial charge in [-0.25, -0.2) is 30.7 Å². The van der Waals surface area contributed by atoms with Crippen molar-refractivity contribution in [3.8, 4) is 0 Å². The third kappa shape index (κ3) is 5.63. The molecule has 1 aliphatic heterocycles. The fourth-order valence-corrected chi connectivity index (χ4v) is 5.62. The quantitative estimate of drug-likeness (QED) is 0.212. The van der Waals surface area contributed by atoms with E-state index in [2.05, 4.69) is 6.92 Å². The smallest absolute Gasteiger partial charge is 0.194 e. The first-order valence-electron chi connectivity index (χ1n) is 12.5. The van der Waals surface area contributed by atoms with Gasteiger partial charge in [0.15, 0.2) is 29.1 Å². The molecular formula is C28H29F7O. The molecule has 2 fully saturated rings. The summed E-state index contributed by atoms with van der Waals surface area (Å²) in [5.41, 5.74) is -1.92. The fraction of sp³-hybridized carbons (Fsp3) is 0.500. The molecule has 0 amide bonds. The van der Waals surface area contributed by atoms with Crippen molar-refractivity contribution in [2.24, 2.45) is 11.8 Å². The molecule has 1 saturated heterocycles. The third-order valence-electron chi connectivity index (χ3n) is 7.59. The number of ether oxygens (including phenoxy) is 1. The van der Waals surface area contributed by atoms with Crippen LogP contribution in [0.5, 0.6) is 0 Å². The highest BCUT2D eigenvalue weighted by atomic mass is 19.2. The van der Waals surface area contributed by atoms with E-state index in [0.717, 1.165) is 50.8 Å². The zero-order valence-electron chi connectivity index (χ0n) is 20.0. The summed E-state index contributed by atoms with van der Waals surface area (Å²) in [5, 5.41) is 0. The zero-order valence-corrected chi connectivity index (χ0v) is 20.0. The monoisotopic (exact) mass is 514 g/mol. The van der Waals surface area contributed by atoms with Gasteiger partial charge in [0.25, 0.3) is 0 Å². The largest absolute Gasteiger partial charge is 0.378 e. The minimum absolute atomic E-state index is 0.132. The van der Waals surface area contributed by atoms with Crippen molar-refractivity contribution < 1.29 is 35.5 Å². The van der Waals surface area contributed by atoms with E-state index in [4.69, 9.17) is 4.74 Å². The molecule has 1 saturated carbocycles. The number of hydrogen-bond donors (Lipinski definition) is 0. The molecule has 0 bridgehead atoms. The van der Waals surface area contributed by atoms with Gasteiger partial charge in [-0.1, -0.05) is 13.3 Å². The average molecular weight is 515 g/mol. The van der Waals surface area contributed by atoms with Gasteiger partial charge >= 0.3 is 0 Å². The van der Waals surface area contributed by atoms with Gasteiger partial charge in [0.05, 0.1) is 11.7 Å². The standard InChI is InChI=1S/C28H29F7O/c1-2-3-15-4-9-24(36-14-15)17-7-5-16(6-8-17)18-10-20(29)25(21(30)11-18)28(35)26(33)19-12-22(31)27(34)23(32)13-19/h10-13,15-17,24H,2-9,14H2,1H3. The minimum atomic E-state index is -1.96. The molecule has 0 aromatic heterocycles. The van der Waals surface area contributed by atoms with Crippen LogP contribution < -0.4 is 0 Å². The van der Waals surface area contributed by atoms with Crippen LogP contribution in [0.15, 0.2) is 24.3 Å². The van der Waals surface area contributed by atoms with Crippen LogP contribution in [0.2, 0.25) is 0 Å². The van der Waals surface area contributed by atoms with E-state index in [1.165, 1.54) is 6.42 Å². The first kappa shape index (κ1) is 26.7. The Morgan fingerprint density at radius 2 is 1.39 bits per heavy atom. The van der Waals surface area contributed by atoms with E-state index in [-0.39, 0.29) is 24.2 Å². The van der Waals surface area contributed by atoms with Crippen LogP contribution in [-0.2, 0) is 4.74 Å². The SMILES string of the molecule is CCCC1CCC(C2CCC(c3cc(F)c(C(F)=C(F)c4cc(F)c(F)c(F)c4)c(F)c3)CC2)OC1. The molecular weight excluding hydrogens is 485 g/mol. The Hall–Kier alpha value is -2.35. The van der Waals surface area contributed by atoms with Gasteiger partial charge in [-0.2, -0.15) is 0 Å². The number of benzene rings is 2. The lowest BCUT2D eigenvalue weighted by Gasteiger charge is -2.38. The average Bonchev–Trinajstić information content (AvgIpc) is 2.86. The van der Waals surface area contributed by atoms with Crippen LogP contribution in [0.25, 0.3) is 11.7 Å². The van der Waals surface area contributed by atoms with Gasteiger partial charge in [0.1, 0.15) is 11.6 Å². The Kier molecular flexibility index (Phi) is 8.43. The van der Waals surface area contributed by atoms with E-state index < -0.39 is 51.9 Å². The summed E-state index contributed by atoms with van der Waals surface area (Å²) in [7, 11) is 0. The lowest BCUT2D eigenvalue weighted by Crippen LogP contribution is -2.34. The Morgan fingerprint density at radius 3 is 1.92 bits per heavy atom. The Labute approximate surface area is 206 Å². The van der Waals surface area contributed by atoms with Crippen molar-refractivity contribution in [3.63, 3.8) is 0 Å². The molecule has 0 N–H and O–H groups in total. The molecule has 0 radical (unpaired) electrons. The normalized spacial score (nSPS) is 25.6. The van der Waals surface area contributed by atoms with E-state index in [0.29, 0.717) is 30.2 Å². The van der Waals surface area contributed by atoms with Gasteiger partial charge in [-0.3, -0.25) is 0 Å². The lowest BCUT2D eigenvalue weighted by atomic mass is 9.75. The van der Waals surface area contributed by atoms with Gasteiger partial charge < -0.3 is 4.74 Å². The van der Waals surface area contributed by atoms with Crippen LogP contribution in [0.4, 0.5) is 30.7 Å². The van der Waals surface area contributed by atoms with Gasteiger partial charge in [0.2, 0.25) is 0 Å². The van der Waals surface area contributed by atoms with Crippen molar-refractivity contribution in [3.05, 3.63) is 70.0 Å². The van der Waals surface area contributed by atoms with Crippen molar-refractivity contribution >= 4 is 11.7 Å². The second-order valence-electron chi connectivity index (χ2n) is 9.96. The van der Waals surface area contributed by atoms with E-state index in [9.17, 15) is 30.7 Å². The molecule has 2 atom stereocenters. The number of hydrogen-bond acceptors (Lipinski definition) is 1. The highest BCUT2D eigenvalue weighted by Gasteiger charge is 2.33. The van der Waals surface area contributed by atoms with E-state index in [1.807, 2.05) is 0 Å². The molecule has 196 valence electrons. The Balaban J connectivity index is 1.46. The van der Waals surface area contributed by atoms with Crippen LogP contribution in [0.1, 0.15) is 80.9 Å². The molecule has 1 nitrogen and oxygen atoms in total. The highest BCUT2D eigenvalue weighted by molar-refractivity contribution is 5.83. The summed E-state index contributed by atoms with van der Waals surface area (Å²) in [6.45, 7) is 2.95. The van der Waals surface area contributed by atoms with Gasteiger partial charge in [-0.05, 0) is 92.5 Å². The molecule has 2 aliphatic rings. The van der Waals surface area contributed by atoms with Crippen molar-refractivity contribution in [2.45, 2.75) is 70.3 Å². The van der Waals surface area contributed by atoms with Crippen LogP contribution in [0.3, 0.4) is 0 Å². The predicted molar refractivity (Wildman–Crippen MR) is 124 cm³/mol. The maximum atomic E-state index is 14.8. The first-order valence-corrected chi connectivity index (χ1v) is 12.5. The molecule has 1 heterocycles. The maximum absolute atomic E-state index is 14.8. The van der Waals surface area contributed by atoms with E-state index in [1.54, 1.807) is 0 Å². The Morgan fingerprint density at radius 1 is 0.778 bits per heavy atom. The van der Waals surface area contributed by atoms with Gasteiger partial charge in [0, 0.05) is 12.2 Å². The number of halogens is 7. The van der Waals surface area contributed by atoms with Crippen LogP contribution in [-0.4, -0.2) is 12.7 Å². The lowest BCUT2D eigenvalue weighted by molar-refractivity contribution is -0.0575. The molecule has 8 heteroatoms. The van der Waals surface area contributed by atoms with Crippen LogP contribution >= 0.6 is 0 Å². The second-order valence-corrected chi connectivity index (χ2v) is 9.96. The van der Waals surface area contributed by atoms with Crippen molar-refractivity contribution in [2.75, 3.05) is 6.61 Å². The zero-order chi connectivity index (χ0) is 26.0. The fourth-order valence-electron chi connectivity index (χ4n) is 5.62. The summed E-state index contributed by atoms with van der Waals surface area (Å²) < 4.78 is 105. The molecule has 1 aliphatic carbocycles. The van der Waals surface area contributed by atoms with Crippen molar-refractivity contribution in [1.82, 2.24) is 0 Å². The predicted octanol–water partition coefficient (Wildman–Crippen LogP) is 9.02. The number of rotatable bonds is 6. The Bertz CT molecular complexity index is 1070. The molecule has 4 rings (SSSR count). The van der Waals surface area contributed by atoms with Gasteiger partial charge in [-0.15, -0.1) is 0 Å². The minimum Gasteiger partial charge on any atom is -0.378 e. The molecule has 2 aromatic rings. The molecule has 36 heavy (non-hydrogen) atoms. The van der Waals surface area contributed by atoms with Crippen molar-refractivity contribution in [1.29, 1.82) is 0 Å². The van der Waals surface area contributed by atoms with E-state index >= 15 is 0 Å².